The van der Waals surface area contributed by atoms with Gasteiger partial charge >= 0.3 is 30.8 Å². The number of methoxy groups -OCH3 is 2. The van der Waals surface area contributed by atoms with Crippen LogP contribution in [0.5, 0.6) is 11.5 Å². The lowest BCUT2D eigenvalue weighted by molar-refractivity contribution is -0.407. The number of halogens is 8. The summed E-state index contributed by atoms with van der Waals surface area (Å²) in [5, 5.41) is 11.2. The molecule has 360 valence electrons. The average Bonchev–Trinajstić information content (AvgIpc) is 3.94. The summed E-state index contributed by atoms with van der Waals surface area (Å²) in [6.45, 7) is 5.14. The first kappa shape index (κ1) is 54.4. The Hall–Kier alpha value is -6.91. The maximum Gasteiger partial charge on any atom is 0.573 e. The topological polar surface area (TPSA) is 198 Å². The van der Waals surface area contributed by atoms with E-state index in [-0.39, 0.29) is 48.7 Å². The Morgan fingerprint density at radius 1 is 0.612 bits per heavy atom. The number of hydrogen-bond donors (Lipinski definition) is 2. The van der Waals surface area contributed by atoms with Crippen molar-refractivity contribution < 1.29 is 70.1 Å². The summed E-state index contributed by atoms with van der Waals surface area (Å²) >= 11 is 0. The van der Waals surface area contributed by atoms with Crippen LogP contribution in [0.2, 0.25) is 0 Å². The van der Waals surface area contributed by atoms with Gasteiger partial charge in [0, 0.05) is 24.0 Å². The van der Waals surface area contributed by atoms with Crippen LogP contribution in [0.25, 0.3) is 34.2 Å². The van der Waals surface area contributed by atoms with Crippen LogP contribution in [-0.2, 0) is 36.6 Å². The van der Waals surface area contributed by atoms with Crippen molar-refractivity contribution in [1.82, 2.24) is 34.8 Å². The summed E-state index contributed by atoms with van der Waals surface area (Å²) in [5.41, 5.74) is 7.16. The summed E-state index contributed by atoms with van der Waals surface area (Å²) in [5.74, 6) is -0.806. The first-order valence-corrected chi connectivity index (χ1v) is 19.3. The van der Waals surface area contributed by atoms with E-state index in [1.54, 1.807) is 45.0 Å². The second-order valence-electron chi connectivity index (χ2n) is 14.9. The highest BCUT2D eigenvalue weighted by Crippen LogP contribution is 2.26. The molecule has 2 atom stereocenters. The highest BCUT2D eigenvalue weighted by atomic mass is 35.5. The van der Waals surface area contributed by atoms with Gasteiger partial charge in [0.05, 0.1) is 25.6 Å². The van der Waals surface area contributed by atoms with E-state index in [2.05, 4.69) is 45.4 Å². The van der Waals surface area contributed by atoms with Gasteiger partial charge in [0.2, 0.25) is 0 Å². The molecule has 2 unspecified atom stereocenters. The number of benzene rings is 4. The Kier molecular flexibility index (Phi) is 19.1. The van der Waals surface area contributed by atoms with E-state index in [1.165, 1.54) is 84.8 Å². The van der Waals surface area contributed by atoms with Crippen molar-refractivity contribution in [1.29, 1.82) is 0 Å². The lowest BCUT2D eigenvalue weighted by Crippen LogP contribution is -2.66. The molecule has 0 aliphatic carbocycles. The maximum atomic E-state index is 12.3. The third kappa shape index (κ3) is 17.1. The molecular formula is C43H45Cl2F6N8O8+. The van der Waals surface area contributed by atoms with E-state index >= 15 is 0 Å². The molecule has 4 aromatic carbocycles. The van der Waals surface area contributed by atoms with Gasteiger partial charge in [-0.3, -0.25) is 0 Å². The largest absolute Gasteiger partial charge is 0.573 e. The van der Waals surface area contributed by atoms with E-state index in [9.17, 15) is 40.7 Å². The second-order valence-corrected chi connectivity index (χ2v) is 14.9. The van der Waals surface area contributed by atoms with Gasteiger partial charge in [-0.1, -0.05) is 48.5 Å². The van der Waals surface area contributed by atoms with Gasteiger partial charge < -0.3 is 34.7 Å². The average molecular weight is 987 g/mol. The van der Waals surface area contributed by atoms with Gasteiger partial charge in [0.25, 0.3) is 0 Å². The van der Waals surface area contributed by atoms with Crippen LogP contribution in [0, 0.1) is 0 Å². The Morgan fingerprint density at radius 3 is 1.36 bits per heavy atom. The number of carbonyl (C=O) groups is 3. The fourth-order valence-corrected chi connectivity index (χ4v) is 5.78. The van der Waals surface area contributed by atoms with Gasteiger partial charge in [-0.05, 0) is 80.4 Å². The highest BCUT2D eigenvalue weighted by molar-refractivity contribution is 5.85. The van der Waals surface area contributed by atoms with Crippen LogP contribution in [0.3, 0.4) is 0 Å². The molecule has 4 N–H and O–H groups in total. The number of alkyl halides is 6. The molecule has 2 heterocycles. The first-order valence-electron chi connectivity index (χ1n) is 19.3. The number of aromatic nitrogens is 6. The molecular weight excluding hydrogens is 941 g/mol. The number of alkyl carbamates (subject to hydrolysis) is 1. The van der Waals surface area contributed by atoms with Gasteiger partial charge in [0.15, 0.2) is 17.7 Å². The summed E-state index contributed by atoms with van der Waals surface area (Å²) in [4.78, 5) is 44.2. The van der Waals surface area contributed by atoms with E-state index in [1.807, 2.05) is 24.3 Å². The van der Waals surface area contributed by atoms with E-state index < -0.39 is 42.5 Å². The number of quaternary nitrogens is 1. The van der Waals surface area contributed by atoms with Crippen molar-refractivity contribution in [2.45, 2.75) is 64.0 Å². The van der Waals surface area contributed by atoms with Crippen LogP contribution in [0.15, 0.2) is 110 Å². The summed E-state index contributed by atoms with van der Waals surface area (Å²) in [6.07, 6.45) is -6.73. The fraction of sp³-hybridized carbons (Fsp3) is 0.279. The zero-order valence-corrected chi connectivity index (χ0v) is 37.8. The number of hydrogen-bond acceptors (Lipinski definition) is 12. The smallest absolute Gasteiger partial charge is 0.467 e. The molecule has 16 nitrogen and oxygen atoms in total. The molecule has 1 amide bonds. The third-order valence-electron chi connectivity index (χ3n) is 8.71. The quantitative estimate of drug-likeness (QED) is 0.0660. The van der Waals surface area contributed by atoms with Crippen LogP contribution in [0.4, 0.5) is 31.1 Å². The number of nitrogens with one attached hydrogen (secondary N) is 1. The number of nitrogens with zero attached hydrogens (tertiary/aromatic N) is 6. The number of esters is 2. The molecule has 24 heteroatoms. The minimum atomic E-state index is -4.77. The standard InChI is InChI=1S/C24H25F3N4O5.C19H17F3N4O3.2ClH/c1-23(2,3)36-22(33)29-19(21(32)34-4)13-15-5-7-16(8-6-15)20-28-14-31(30-20)17-9-11-18(12-10-17)35-24(25,26)27;1-28-18(27)16(23)10-12-2-4-13(5-3-12)17-24-11-26(25-17)14-6-8-15(9-7-14)29-19(20,21)22;;/h5-12,14,19H,13H2,1-4H3,(H,29,33);2-9,11,16H,10,23H2,1H3;2*1H/p+1. The molecule has 0 saturated carbocycles. The van der Waals surface area contributed by atoms with E-state index in [0.717, 1.165) is 16.7 Å². The van der Waals surface area contributed by atoms with Crippen molar-refractivity contribution in [3.05, 3.63) is 121 Å². The Balaban J connectivity index is 0.000000352. The monoisotopic (exact) mass is 985 g/mol. The Labute approximate surface area is 391 Å². The molecule has 0 saturated heterocycles. The van der Waals surface area contributed by atoms with Crippen LogP contribution in [0.1, 0.15) is 31.9 Å². The van der Waals surface area contributed by atoms with E-state index in [4.69, 9.17) is 9.47 Å². The predicted molar refractivity (Wildman–Crippen MR) is 233 cm³/mol. The molecule has 0 fully saturated rings. The second kappa shape index (κ2) is 23.5. The predicted octanol–water partition coefficient (Wildman–Crippen LogP) is 7.44. The molecule has 0 bridgehead atoms. The molecule has 0 aliphatic rings. The Morgan fingerprint density at radius 2 is 1.00 bits per heavy atom. The number of ether oxygens (including phenoxy) is 5. The maximum absolute atomic E-state index is 12.3. The number of amides is 1. The fourth-order valence-electron chi connectivity index (χ4n) is 5.78. The lowest BCUT2D eigenvalue weighted by Gasteiger charge is -2.22. The van der Waals surface area contributed by atoms with Crippen LogP contribution < -0.4 is 20.5 Å². The first-order chi connectivity index (χ1) is 30.6. The molecule has 0 radical (unpaired) electrons. The molecule has 0 aliphatic heterocycles. The Bertz CT molecular complexity index is 2520. The molecule has 6 aromatic rings. The SMILES string of the molecule is COC(=O)C(Cc1ccc(-c2ncn(-c3ccc(OC(F)(F)F)cc3)n2)cc1)NC(=O)OC(C)(C)C.COC(=O)C([NH3+])Cc1ccc(-c2ncn(-c3ccc(OC(F)(F)F)cc3)n2)cc1.Cl.Cl. The summed E-state index contributed by atoms with van der Waals surface area (Å²) in [6, 6.07) is 23.4. The van der Waals surface area contributed by atoms with Crippen molar-refractivity contribution >= 4 is 42.8 Å². The summed E-state index contributed by atoms with van der Waals surface area (Å²) in [7, 11) is 2.55. The zero-order valence-electron chi connectivity index (χ0n) is 36.2. The third-order valence-corrected chi connectivity index (χ3v) is 8.71. The summed E-state index contributed by atoms with van der Waals surface area (Å²) < 4.78 is 98.9. The molecule has 67 heavy (non-hydrogen) atoms. The van der Waals surface area contributed by atoms with Crippen molar-refractivity contribution in [2.24, 2.45) is 0 Å². The minimum absolute atomic E-state index is 0. The van der Waals surface area contributed by atoms with Crippen molar-refractivity contribution in [2.75, 3.05) is 14.2 Å². The highest BCUT2D eigenvalue weighted by Gasteiger charge is 2.32. The van der Waals surface area contributed by atoms with Crippen LogP contribution >= 0.6 is 24.8 Å². The van der Waals surface area contributed by atoms with E-state index in [0.29, 0.717) is 35.0 Å². The lowest BCUT2D eigenvalue weighted by atomic mass is 10.0. The normalized spacial score (nSPS) is 12.1. The van der Waals surface area contributed by atoms with Crippen LogP contribution in [-0.4, -0.2) is 92.2 Å². The zero-order chi connectivity index (χ0) is 47.5. The van der Waals surface area contributed by atoms with Crippen molar-refractivity contribution in [3.63, 3.8) is 0 Å². The van der Waals surface area contributed by atoms with Crippen molar-refractivity contribution in [3.8, 4) is 45.6 Å². The van der Waals surface area contributed by atoms with Gasteiger partial charge in [-0.15, -0.1) is 61.4 Å². The minimum Gasteiger partial charge on any atom is -0.467 e. The van der Waals surface area contributed by atoms with Gasteiger partial charge in [0.1, 0.15) is 35.8 Å². The molecule has 6 rings (SSSR count). The van der Waals surface area contributed by atoms with Gasteiger partial charge in [-0.2, -0.15) is 0 Å². The van der Waals surface area contributed by atoms with Gasteiger partial charge in [-0.25, -0.2) is 33.7 Å². The molecule has 0 spiro atoms. The molecule has 2 aromatic heterocycles. The number of rotatable bonds is 13. The number of carbonyl (C=O) groups excluding carboxylic acids is 3.